The number of carbonyl (C=O) groups excluding carboxylic acids is 2. The molecule has 220 valence electrons. The van der Waals surface area contributed by atoms with Crippen LogP contribution in [-0.4, -0.2) is 29.1 Å². The van der Waals surface area contributed by atoms with Crippen molar-refractivity contribution in [1.82, 2.24) is 0 Å². The van der Waals surface area contributed by atoms with Gasteiger partial charge in [-0.3, -0.25) is 4.79 Å². The van der Waals surface area contributed by atoms with Crippen molar-refractivity contribution < 1.29 is 19.4 Å². The molecule has 10 atom stereocenters. The molecule has 1 N–H and O–H groups in total. The fourth-order valence-electron chi connectivity index (χ4n) is 10.0. The molecule has 40 heavy (non-hydrogen) atoms. The average molecular weight is 549 g/mol. The zero-order valence-corrected chi connectivity index (χ0v) is 25.7. The summed E-state index contributed by atoms with van der Waals surface area (Å²) in [6.07, 6.45) is 10.3. The SMILES string of the molecule is CC[C@H](CC[C@@H](C)[C@H]1CC[C@H]2C3=CC(=O)[C@H]4C[C@@H](OC(=O)c5ccccc5)CC[C@]4(C)[C@H]3[C@H](O)C[C@]12C)C(C)C. The minimum absolute atomic E-state index is 0.0264. The molecule has 0 heterocycles. The smallest absolute Gasteiger partial charge is 0.338 e. The molecule has 0 unspecified atom stereocenters. The van der Waals surface area contributed by atoms with E-state index in [9.17, 15) is 14.7 Å². The van der Waals surface area contributed by atoms with Crippen LogP contribution in [0.2, 0.25) is 0 Å². The fourth-order valence-corrected chi connectivity index (χ4v) is 10.0. The Balaban J connectivity index is 1.32. The first kappa shape index (κ1) is 29.5. The topological polar surface area (TPSA) is 63.6 Å². The fraction of sp³-hybridized carbons (Fsp3) is 0.722. The lowest BCUT2D eigenvalue weighted by atomic mass is 9.46. The molecule has 4 nitrogen and oxygen atoms in total. The molecular weight excluding hydrogens is 496 g/mol. The van der Waals surface area contributed by atoms with Crippen LogP contribution >= 0.6 is 0 Å². The van der Waals surface area contributed by atoms with E-state index in [-0.39, 0.29) is 40.5 Å². The number of benzene rings is 1. The van der Waals surface area contributed by atoms with E-state index in [1.807, 2.05) is 24.3 Å². The van der Waals surface area contributed by atoms with Gasteiger partial charge in [0.05, 0.1) is 11.7 Å². The van der Waals surface area contributed by atoms with Gasteiger partial charge >= 0.3 is 5.97 Å². The predicted octanol–water partition coefficient (Wildman–Crippen LogP) is 8.04. The second kappa shape index (κ2) is 11.4. The second-order valence-electron chi connectivity index (χ2n) is 14.7. The number of hydrogen-bond donors (Lipinski definition) is 1. The van der Waals surface area contributed by atoms with Gasteiger partial charge in [0.1, 0.15) is 6.10 Å². The van der Waals surface area contributed by atoms with E-state index in [1.54, 1.807) is 12.1 Å². The van der Waals surface area contributed by atoms with Crippen molar-refractivity contribution in [3.63, 3.8) is 0 Å². The number of aliphatic hydroxyl groups is 1. The summed E-state index contributed by atoms with van der Waals surface area (Å²) in [6.45, 7) is 14.1. The Labute approximate surface area is 242 Å². The van der Waals surface area contributed by atoms with Gasteiger partial charge in [0.15, 0.2) is 5.78 Å². The number of allylic oxidation sites excluding steroid dienone is 1. The van der Waals surface area contributed by atoms with Gasteiger partial charge in [0.25, 0.3) is 0 Å². The second-order valence-corrected chi connectivity index (χ2v) is 14.7. The maximum atomic E-state index is 13.8. The van der Waals surface area contributed by atoms with Crippen LogP contribution in [0.4, 0.5) is 0 Å². The minimum atomic E-state index is -0.427. The molecule has 0 amide bonds. The van der Waals surface area contributed by atoms with E-state index in [0.29, 0.717) is 29.7 Å². The molecule has 3 saturated carbocycles. The highest BCUT2D eigenvalue weighted by atomic mass is 16.5. The molecule has 4 heteroatoms. The molecule has 0 bridgehead atoms. The number of hydrogen-bond acceptors (Lipinski definition) is 4. The number of ether oxygens (including phenoxy) is 1. The Bertz CT molecular complexity index is 1110. The molecule has 5 rings (SSSR count). The number of rotatable bonds is 8. The average Bonchev–Trinajstić information content (AvgIpc) is 3.26. The van der Waals surface area contributed by atoms with Crippen molar-refractivity contribution >= 4 is 11.8 Å². The van der Waals surface area contributed by atoms with Gasteiger partial charge in [-0.15, -0.1) is 0 Å². The van der Waals surface area contributed by atoms with Crippen LogP contribution in [0.5, 0.6) is 0 Å². The van der Waals surface area contributed by atoms with Crippen LogP contribution in [0.15, 0.2) is 42.0 Å². The number of ketones is 1. The van der Waals surface area contributed by atoms with Crippen LogP contribution in [0, 0.1) is 52.3 Å². The summed E-state index contributed by atoms with van der Waals surface area (Å²) in [6, 6.07) is 9.11. The van der Waals surface area contributed by atoms with Crippen molar-refractivity contribution in [3.05, 3.63) is 47.5 Å². The largest absolute Gasteiger partial charge is 0.459 e. The molecule has 0 radical (unpaired) electrons. The van der Waals surface area contributed by atoms with Gasteiger partial charge in [-0.25, -0.2) is 4.79 Å². The van der Waals surface area contributed by atoms with Crippen LogP contribution in [0.25, 0.3) is 0 Å². The highest BCUT2D eigenvalue weighted by Gasteiger charge is 2.62. The number of fused-ring (bicyclic) bond motifs is 5. The Morgan fingerprint density at radius 2 is 1.75 bits per heavy atom. The van der Waals surface area contributed by atoms with E-state index in [2.05, 4.69) is 41.5 Å². The molecule has 0 saturated heterocycles. The molecule has 4 aliphatic carbocycles. The number of esters is 1. The highest BCUT2D eigenvalue weighted by Crippen LogP contribution is 2.66. The summed E-state index contributed by atoms with van der Waals surface area (Å²) in [7, 11) is 0. The summed E-state index contributed by atoms with van der Waals surface area (Å²) in [5.41, 5.74) is 1.56. The lowest BCUT2D eigenvalue weighted by Crippen LogP contribution is -2.57. The van der Waals surface area contributed by atoms with Crippen LogP contribution in [-0.2, 0) is 9.53 Å². The van der Waals surface area contributed by atoms with E-state index in [4.69, 9.17) is 4.74 Å². The highest BCUT2D eigenvalue weighted by molar-refractivity contribution is 5.95. The van der Waals surface area contributed by atoms with Crippen molar-refractivity contribution in [3.8, 4) is 0 Å². The lowest BCUT2D eigenvalue weighted by molar-refractivity contribution is -0.140. The van der Waals surface area contributed by atoms with Crippen molar-refractivity contribution in [1.29, 1.82) is 0 Å². The van der Waals surface area contributed by atoms with Crippen molar-refractivity contribution in [2.75, 3.05) is 0 Å². The summed E-state index contributed by atoms with van der Waals surface area (Å²) in [5.74, 6) is 2.81. The Morgan fingerprint density at radius 3 is 2.42 bits per heavy atom. The van der Waals surface area contributed by atoms with E-state index in [1.165, 1.54) is 31.3 Å². The van der Waals surface area contributed by atoms with E-state index >= 15 is 0 Å². The third-order valence-corrected chi connectivity index (χ3v) is 12.3. The molecule has 4 aliphatic rings. The summed E-state index contributed by atoms with van der Waals surface area (Å²) < 4.78 is 5.90. The van der Waals surface area contributed by atoms with Crippen LogP contribution < -0.4 is 0 Å². The normalized spacial score (nSPS) is 38.6. The van der Waals surface area contributed by atoms with Gasteiger partial charge < -0.3 is 9.84 Å². The van der Waals surface area contributed by atoms with Gasteiger partial charge in [-0.1, -0.05) is 78.2 Å². The van der Waals surface area contributed by atoms with E-state index in [0.717, 1.165) is 37.5 Å². The Kier molecular flexibility index (Phi) is 8.41. The molecule has 0 spiro atoms. The van der Waals surface area contributed by atoms with Gasteiger partial charge in [-0.2, -0.15) is 0 Å². The molecule has 1 aromatic carbocycles. The molecule has 3 fully saturated rings. The standard InChI is InChI=1S/C36H52O4/c1-7-24(22(2)3)14-13-23(4)28-15-16-29-27-20-31(37)30-19-26(40-34(39)25-11-9-8-10-12-25)17-18-35(30,5)33(27)32(38)21-36(28,29)6/h8-12,20,22-24,26,28-30,32-33,38H,7,13-19,21H2,1-6H3/t23-,24-,26+,28-,29+,30-,32-,33-,35+,36-/m1/s1. The first-order valence-electron chi connectivity index (χ1n) is 16.2. The molecule has 0 aromatic heterocycles. The monoisotopic (exact) mass is 548 g/mol. The third-order valence-electron chi connectivity index (χ3n) is 12.3. The Hall–Kier alpha value is -1.94. The summed E-state index contributed by atoms with van der Waals surface area (Å²) >= 11 is 0. The predicted molar refractivity (Wildman–Crippen MR) is 160 cm³/mol. The molecule has 1 aromatic rings. The first-order chi connectivity index (χ1) is 19.0. The van der Waals surface area contributed by atoms with Gasteiger partial charge in [0.2, 0.25) is 0 Å². The van der Waals surface area contributed by atoms with E-state index < -0.39 is 6.10 Å². The van der Waals surface area contributed by atoms with Gasteiger partial charge in [0, 0.05) is 11.8 Å². The van der Waals surface area contributed by atoms with Crippen LogP contribution in [0.3, 0.4) is 0 Å². The van der Waals surface area contributed by atoms with Crippen molar-refractivity contribution in [2.24, 2.45) is 52.3 Å². The number of aliphatic hydroxyl groups excluding tert-OH is 1. The minimum Gasteiger partial charge on any atom is -0.459 e. The zero-order chi connectivity index (χ0) is 28.8. The van der Waals surface area contributed by atoms with Crippen LogP contribution in [0.1, 0.15) is 110 Å². The first-order valence-corrected chi connectivity index (χ1v) is 16.2. The molecular formula is C36H52O4. The lowest BCUT2D eigenvalue weighted by Gasteiger charge is -2.58. The Morgan fingerprint density at radius 1 is 1.02 bits per heavy atom. The zero-order valence-electron chi connectivity index (χ0n) is 25.7. The summed E-state index contributed by atoms with van der Waals surface area (Å²) in [5, 5.41) is 11.9. The maximum Gasteiger partial charge on any atom is 0.338 e. The third kappa shape index (κ3) is 5.12. The van der Waals surface area contributed by atoms with Gasteiger partial charge in [-0.05, 0) is 104 Å². The van der Waals surface area contributed by atoms with Crippen molar-refractivity contribution in [2.45, 2.75) is 112 Å². The summed E-state index contributed by atoms with van der Waals surface area (Å²) in [4.78, 5) is 26.5. The molecule has 0 aliphatic heterocycles. The number of carbonyl (C=O) groups is 2. The maximum absolute atomic E-state index is 13.8. The quantitative estimate of drug-likeness (QED) is 0.334.